The molecule has 0 saturated carbocycles. The molecule has 0 aromatic heterocycles. The minimum absolute atomic E-state index is 0.00170. The molecule has 160 valence electrons. The fourth-order valence-electron chi connectivity index (χ4n) is 4.58. The number of hydrogen-bond acceptors (Lipinski definition) is 4. The number of rotatable bonds is 4. The van der Waals surface area contributed by atoms with E-state index in [0.29, 0.717) is 37.1 Å². The van der Waals surface area contributed by atoms with Crippen molar-refractivity contribution in [2.24, 2.45) is 5.92 Å². The maximum atomic E-state index is 12.7. The number of benzene rings is 1. The van der Waals surface area contributed by atoms with Gasteiger partial charge >= 0.3 is 0 Å². The molecular formula is C22H26BrN3O4. The molecule has 7 nitrogen and oxygen atoms in total. The Morgan fingerprint density at radius 1 is 0.900 bits per heavy atom. The Bertz CT molecular complexity index is 873. The molecule has 0 bridgehead atoms. The van der Waals surface area contributed by atoms with Gasteiger partial charge in [-0.25, -0.2) is 0 Å². The van der Waals surface area contributed by atoms with Crippen molar-refractivity contribution in [3.8, 4) is 0 Å². The topological polar surface area (TPSA) is 78.0 Å². The molecule has 4 amide bonds. The van der Waals surface area contributed by atoms with Crippen molar-refractivity contribution in [1.82, 2.24) is 14.7 Å². The first-order valence-corrected chi connectivity index (χ1v) is 11.5. The molecule has 3 aliphatic rings. The number of halogens is 1. The quantitative estimate of drug-likeness (QED) is 0.627. The van der Waals surface area contributed by atoms with Gasteiger partial charge in [-0.15, -0.1) is 0 Å². The average molecular weight is 476 g/mol. The second-order valence-corrected chi connectivity index (χ2v) is 9.16. The van der Waals surface area contributed by atoms with Gasteiger partial charge in [0.2, 0.25) is 11.8 Å². The van der Waals surface area contributed by atoms with Crippen LogP contribution in [-0.4, -0.2) is 71.1 Å². The van der Waals surface area contributed by atoms with Crippen LogP contribution in [0.5, 0.6) is 0 Å². The first-order chi connectivity index (χ1) is 14.5. The van der Waals surface area contributed by atoms with E-state index in [1.54, 1.807) is 23.1 Å². The number of nitrogens with zero attached hydrogens (tertiary/aromatic N) is 3. The fraction of sp³-hybridized carbons (Fsp3) is 0.545. The minimum atomic E-state index is -0.352. The average Bonchev–Trinajstić information content (AvgIpc) is 3.01. The van der Waals surface area contributed by atoms with E-state index in [-0.39, 0.29) is 42.5 Å². The van der Waals surface area contributed by atoms with Crippen molar-refractivity contribution < 1.29 is 19.2 Å². The lowest BCUT2D eigenvalue weighted by molar-refractivity contribution is -0.141. The highest BCUT2D eigenvalue weighted by molar-refractivity contribution is 9.10. The lowest BCUT2D eigenvalue weighted by Crippen LogP contribution is -2.46. The molecule has 2 fully saturated rings. The summed E-state index contributed by atoms with van der Waals surface area (Å²) in [7, 11) is 0. The molecule has 0 N–H and O–H groups in total. The molecule has 30 heavy (non-hydrogen) atoms. The van der Waals surface area contributed by atoms with Gasteiger partial charge < -0.3 is 9.80 Å². The number of fused-ring (bicyclic) bond motifs is 1. The predicted octanol–water partition coefficient (Wildman–Crippen LogP) is 2.69. The van der Waals surface area contributed by atoms with Crippen molar-refractivity contribution in [2.45, 2.75) is 38.5 Å². The number of hydrogen-bond donors (Lipinski definition) is 0. The van der Waals surface area contributed by atoms with Gasteiger partial charge in [0.05, 0.1) is 11.1 Å². The number of carbonyl (C=O) groups excluding carboxylic acids is 4. The first-order valence-electron chi connectivity index (χ1n) is 10.7. The van der Waals surface area contributed by atoms with Crippen molar-refractivity contribution in [3.63, 3.8) is 0 Å². The number of piperidine rings is 2. The molecule has 2 saturated heterocycles. The summed E-state index contributed by atoms with van der Waals surface area (Å²) in [6.07, 6.45) is 4.83. The Balaban J connectivity index is 1.27. The summed E-state index contributed by atoms with van der Waals surface area (Å²) in [6, 6.07) is 5.00. The second-order valence-electron chi connectivity index (χ2n) is 8.24. The monoisotopic (exact) mass is 475 g/mol. The fourth-order valence-corrected chi connectivity index (χ4v) is 4.94. The lowest BCUT2D eigenvalue weighted by atomic mass is 9.94. The second kappa shape index (κ2) is 8.88. The van der Waals surface area contributed by atoms with Crippen molar-refractivity contribution in [2.75, 3.05) is 32.7 Å². The highest BCUT2D eigenvalue weighted by Gasteiger charge is 2.36. The normalized spacial score (nSPS) is 20.0. The molecule has 4 rings (SSSR count). The summed E-state index contributed by atoms with van der Waals surface area (Å²) >= 11 is 3.32. The Morgan fingerprint density at radius 3 is 2.27 bits per heavy atom. The van der Waals surface area contributed by atoms with Crippen LogP contribution in [0.3, 0.4) is 0 Å². The summed E-state index contributed by atoms with van der Waals surface area (Å²) < 4.78 is 0.738. The molecule has 8 heteroatoms. The highest BCUT2D eigenvalue weighted by Crippen LogP contribution is 2.27. The predicted molar refractivity (Wildman–Crippen MR) is 114 cm³/mol. The lowest BCUT2D eigenvalue weighted by Gasteiger charge is -2.35. The summed E-state index contributed by atoms with van der Waals surface area (Å²) in [6.45, 7) is 2.90. The standard InChI is InChI=1S/C22H26BrN3O4/c23-16-4-5-17-18(14-16)22(30)26(21(17)29)13-8-19(27)24-11-6-15(7-12-24)20(28)25-9-2-1-3-10-25/h4-5,14-15H,1-3,6-13H2. The molecule has 0 atom stereocenters. The Morgan fingerprint density at radius 2 is 1.57 bits per heavy atom. The highest BCUT2D eigenvalue weighted by atomic mass is 79.9. The maximum Gasteiger partial charge on any atom is 0.261 e. The Hall–Kier alpha value is -2.22. The zero-order chi connectivity index (χ0) is 21.3. The molecule has 0 aliphatic carbocycles. The molecule has 3 heterocycles. The molecule has 0 unspecified atom stereocenters. The number of carbonyl (C=O) groups is 4. The van der Waals surface area contributed by atoms with Gasteiger partial charge in [0.15, 0.2) is 0 Å². The van der Waals surface area contributed by atoms with Crippen LogP contribution in [0.4, 0.5) is 0 Å². The minimum Gasteiger partial charge on any atom is -0.343 e. The third kappa shape index (κ3) is 4.15. The third-order valence-corrected chi connectivity index (χ3v) is 6.84. The van der Waals surface area contributed by atoms with Gasteiger partial charge in [-0.05, 0) is 50.3 Å². The van der Waals surface area contributed by atoms with Crippen molar-refractivity contribution >= 4 is 39.6 Å². The zero-order valence-electron chi connectivity index (χ0n) is 16.9. The van der Waals surface area contributed by atoms with Gasteiger partial charge in [0.1, 0.15) is 0 Å². The van der Waals surface area contributed by atoms with Crippen molar-refractivity contribution in [3.05, 3.63) is 33.8 Å². The molecule has 1 aromatic rings. The SMILES string of the molecule is O=C(CCN1C(=O)c2ccc(Br)cc2C1=O)N1CCC(C(=O)N2CCCCC2)CC1. The smallest absolute Gasteiger partial charge is 0.261 e. The van der Waals surface area contributed by atoms with E-state index in [1.807, 2.05) is 4.90 Å². The summed E-state index contributed by atoms with van der Waals surface area (Å²) in [5.41, 5.74) is 0.756. The van der Waals surface area contributed by atoms with Crippen LogP contribution in [0, 0.1) is 5.92 Å². The van der Waals surface area contributed by atoms with Crippen LogP contribution in [0.25, 0.3) is 0 Å². The van der Waals surface area contributed by atoms with E-state index in [1.165, 1.54) is 6.42 Å². The molecule has 1 aromatic carbocycles. The van der Waals surface area contributed by atoms with Crippen LogP contribution in [-0.2, 0) is 9.59 Å². The van der Waals surface area contributed by atoms with Crippen LogP contribution >= 0.6 is 15.9 Å². The maximum absolute atomic E-state index is 12.7. The van der Waals surface area contributed by atoms with E-state index in [4.69, 9.17) is 0 Å². The Labute approximate surface area is 184 Å². The van der Waals surface area contributed by atoms with E-state index < -0.39 is 0 Å². The molecule has 0 spiro atoms. The third-order valence-electron chi connectivity index (χ3n) is 6.35. The number of imide groups is 1. The summed E-state index contributed by atoms with van der Waals surface area (Å²) in [5, 5.41) is 0. The number of likely N-dealkylation sites (tertiary alicyclic amines) is 2. The van der Waals surface area contributed by atoms with Gasteiger partial charge in [-0.1, -0.05) is 15.9 Å². The van der Waals surface area contributed by atoms with Crippen molar-refractivity contribution in [1.29, 1.82) is 0 Å². The van der Waals surface area contributed by atoms with Gasteiger partial charge in [0.25, 0.3) is 11.8 Å². The summed E-state index contributed by atoms with van der Waals surface area (Å²) in [5.74, 6) is -0.534. The van der Waals surface area contributed by atoms with E-state index in [9.17, 15) is 19.2 Å². The first kappa shape index (κ1) is 21.0. The van der Waals surface area contributed by atoms with E-state index in [2.05, 4.69) is 15.9 Å². The van der Waals surface area contributed by atoms with E-state index >= 15 is 0 Å². The number of amides is 4. The van der Waals surface area contributed by atoms with Gasteiger partial charge in [-0.3, -0.25) is 24.1 Å². The largest absolute Gasteiger partial charge is 0.343 e. The molecule has 0 radical (unpaired) electrons. The van der Waals surface area contributed by atoms with Gasteiger partial charge in [0, 0.05) is 49.5 Å². The molecule has 3 aliphatic heterocycles. The van der Waals surface area contributed by atoms with E-state index in [0.717, 1.165) is 35.3 Å². The Kier molecular flexibility index (Phi) is 6.22. The zero-order valence-corrected chi connectivity index (χ0v) is 18.5. The van der Waals surface area contributed by atoms with Gasteiger partial charge in [-0.2, -0.15) is 0 Å². The summed E-state index contributed by atoms with van der Waals surface area (Å²) in [4.78, 5) is 55.2. The van der Waals surface area contributed by atoms with Crippen LogP contribution in [0.1, 0.15) is 59.2 Å². The van der Waals surface area contributed by atoms with Crippen LogP contribution < -0.4 is 0 Å². The van der Waals surface area contributed by atoms with Crippen LogP contribution in [0.15, 0.2) is 22.7 Å². The van der Waals surface area contributed by atoms with Crippen LogP contribution in [0.2, 0.25) is 0 Å². The molecular weight excluding hydrogens is 450 g/mol.